The van der Waals surface area contributed by atoms with E-state index in [1.54, 1.807) is 74.1 Å². The van der Waals surface area contributed by atoms with Gasteiger partial charge < -0.3 is 24.5 Å². The van der Waals surface area contributed by atoms with Crippen LogP contribution in [0.2, 0.25) is 0 Å². The summed E-state index contributed by atoms with van der Waals surface area (Å²) in [7, 11) is -1.39. The van der Waals surface area contributed by atoms with Gasteiger partial charge in [0.15, 0.2) is 9.74 Å². The number of thiocarbonyl (C=S) groups is 2. The van der Waals surface area contributed by atoms with Gasteiger partial charge in [0.25, 0.3) is 21.8 Å². The van der Waals surface area contributed by atoms with Crippen molar-refractivity contribution in [3.05, 3.63) is 120 Å². The van der Waals surface area contributed by atoms with Crippen molar-refractivity contribution in [2.24, 2.45) is 0 Å². The minimum atomic E-state index is -4.58. The van der Waals surface area contributed by atoms with Crippen molar-refractivity contribution < 1.29 is 27.6 Å². The van der Waals surface area contributed by atoms with Crippen molar-refractivity contribution in [3.63, 3.8) is 0 Å². The SMILES string of the molecule is CN1C(=O)CC2(C34CC(=O)N(C)[C@]5(C)SC(=S)SCN(C5=O)[C@H]3N(S(=O)(=O)c3ccccc3)c3ccccc34)c3ccccc3N(c3ccccc3)[C@@H]2N2CSC(=S)S[C@]1(C)C2=O. The predicted molar refractivity (Wildman–Crippen MR) is 259 cm³/mol. The fourth-order valence-corrected chi connectivity index (χ4v) is 18.0. The average molecular weight is 973 g/mol. The molecule has 2 unspecified atom stereocenters. The molecule has 6 atom stereocenters. The van der Waals surface area contributed by atoms with E-state index in [2.05, 4.69) is 4.90 Å². The van der Waals surface area contributed by atoms with Gasteiger partial charge in [-0.05, 0) is 61.4 Å². The molecule has 0 aliphatic carbocycles. The second kappa shape index (κ2) is 15.0. The van der Waals surface area contributed by atoms with E-state index in [4.69, 9.17) is 24.4 Å². The lowest BCUT2D eigenvalue weighted by Gasteiger charge is -2.60. The molecule has 0 saturated carbocycles. The largest absolute Gasteiger partial charge is 0.323 e. The summed E-state index contributed by atoms with van der Waals surface area (Å²) in [6.07, 6.45) is -3.22. The Labute approximate surface area is 393 Å². The number of anilines is 3. The molecular weight excluding hydrogens is 933 g/mol. The zero-order valence-electron chi connectivity index (χ0n) is 34.4. The van der Waals surface area contributed by atoms with Crippen molar-refractivity contribution in [3.8, 4) is 0 Å². The molecule has 0 spiro atoms. The first kappa shape index (κ1) is 42.8. The number of carbonyl (C=O) groups is 4. The molecule has 6 aliphatic rings. The molecule has 324 valence electrons. The van der Waals surface area contributed by atoms with Crippen LogP contribution in [0.5, 0.6) is 0 Å². The fraction of sp³-hybridized carbons (Fsp3) is 0.318. The Balaban J connectivity index is 1.41. The van der Waals surface area contributed by atoms with Crippen LogP contribution in [0, 0.1) is 0 Å². The number of fused-ring (bicyclic) bond motifs is 13. The molecule has 0 N–H and O–H groups in total. The third-order valence-electron chi connectivity index (χ3n) is 13.7. The first-order valence-electron chi connectivity index (χ1n) is 20.0. The van der Waals surface area contributed by atoms with Gasteiger partial charge in [-0.1, -0.05) is 144 Å². The molecule has 4 fully saturated rings. The predicted octanol–water partition coefficient (Wildman–Crippen LogP) is 7.13. The molecule has 4 aromatic carbocycles. The van der Waals surface area contributed by atoms with Crippen molar-refractivity contribution in [1.29, 1.82) is 0 Å². The first-order valence-corrected chi connectivity index (χ1v) is 25.9. The molecule has 19 heteroatoms. The van der Waals surface area contributed by atoms with E-state index < -0.39 is 60.6 Å². The van der Waals surface area contributed by atoms with Gasteiger partial charge in [-0.15, -0.1) is 0 Å². The van der Waals surface area contributed by atoms with E-state index in [0.29, 0.717) is 29.6 Å². The molecule has 4 bridgehead atoms. The van der Waals surface area contributed by atoms with Gasteiger partial charge in [-0.2, -0.15) is 0 Å². The highest BCUT2D eigenvalue weighted by molar-refractivity contribution is 8.48. The van der Waals surface area contributed by atoms with Crippen LogP contribution in [0.4, 0.5) is 17.1 Å². The number of nitrogens with zero attached hydrogens (tertiary/aromatic N) is 6. The standard InChI is InChI=1S/C44H40N6O6S7/c1-41-37(53)47(25-59-39(57)61-41)35-43(23-33(51)45(41)3,29-19-11-13-21-31(29)49(35)27-15-7-5-8-16-27)44-24-34(52)46(4)42(2)38(54)48(26-60-40(58)62-42)36(44)50(32-22-14-12-20-30(32)44)63(55,56)28-17-9-6-10-18-28/h5-22,35-36H,23-26H2,1-4H3/t35-,36-,41+,42+,43?,44?/m0/s1. The number of thioether (sulfide) groups is 4. The smallest absolute Gasteiger partial charge is 0.266 e. The second-order valence-corrected chi connectivity index (χ2v) is 25.5. The summed E-state index contributed by atoms with van der Waals surface area (Å²) in [5.41, 5.74) is -0.756. The highest BCUT2D eigenvalue weighted by atomic mass is 32.2. The molecule has 6 heterocycles. The van der Waals surface area contributed by atoms with Crippen molar-refractivity contribution in [2.75, 3.05) is 35.1 Å². The lowest BCUT2D eigenvalue weighted by molar-refractivity contribution is -0.161. The number of sulfonamides is 1. The van der Waals surface area contributed by atoms with Gasteiger partial charge in [0.05, 0.1) is 33.2 Å². The number of para-hydroxylation sites is 3. The van der Waals surface area contributed by atoms with Crippen LogP contribution in [0.15, 0.2) is 114 Å². The van der Waals surface area contributed by atoms with Crippen molar-refractivity contribution in [1.82, 2.24) is 19.6 Å². The topological polar surface area (TPSA) is 122 Å². The molecule has 0 aromatic heterocycles. The number of likely N-dealkylation sites (N-methyl/N-ethyl adjacent to an activating group) is 2. The van der Waals surface area contributed by atoms with Gasteiger partial charge >= 0.3 is 0 Å². The summed E-state index contributed by atoms with van der Waals surface area (Å²) in [6.45, 7) is 3.37. The summed E-state index contributed by atoms with van der Waals surface area (Å²) < 4.78 is 33.8. The fourth-order valence-electron chi connectivity index (χ4n) is 10.7. The van der Waals surface area contributed by atoms with Gasteiger partial charge in [0, 0.05) is 38.3 Å². The van der Waals surface area contributed by atoms with E-state index in [9.17, 15) is 0 Å². The summed E-state index contributed by atoms with van der Waals surface area (Å²) in [4.78, 5) is 68.3. The van der Waals surface area contributed by atoms with Gasteiger partial charge in [0.1, 0.15) is 19.4 Å². The Morgan fingerprint density at radius 1 is 0.587 bits per heavy atom. The maximum atomic E-state index is 15.8. The van der Waals surface area contributed by atoms with E-state index in [1.807, 2.05) is 60.7 Å². The number of hydrogen-bond acceptors (Lipinski definition) is 13. The van der Waals surface area contributed by atoms with E-state index in [-0.39, 0.29) is 41.1 Å². The Kier molecular flexibility index (Phi) is 10.2. The maximum absolute atomic E-state index is 15.8. The van der Waals surface area contributed by atoms with E-state index in [1.165, 1.54) is 49.8 Å². The maximum Gasteiger partial charge on any atom is 0.266 e. The van der Waals surface area contributed by atoms with Gasteiger partial charge in [0.2, 0.25) is 11.8 Å². The number of amides is 4. The molecular formula is C44H40N6O6S7. The first-order chi connectivity index (χ1) is 30.0. The van der Waals surface area contributed by atoms with Crippen LogP contribution in [-0.2, 0) is 40.0 Å². The monoisotopic (exact) mass is 972 g/mol. The Morgan fingerprint density at radius 2 is 1.02 bits per heavy atom. The van der Waals surface area contributed by atoms with E-state index in [0.717, 1.165) is 23.5 Å². The zero-order chi connectivity index (χ0) is 44.4. The number of rotatable bonds is 4. The lowest BCUT2D eigenvalue weighted by Crippen LogP contribution is -2.77. The van der Waals surface area contributed by atoms with Gasteiger partial charge in [-0.3, -0.25) is 19.2 Å². The molecule has 6 aliphatic heterocycles. The third-order valence-corrected chi connectivity index (χ3v) is 21.3. The highest BCUT2D eigenvalue weighted by Gasteiger charge is 2.77. The zero-order valence-corrected chi connectivity index (χ0v) is 40.1. The minimum Gasteiger partial charge on any atom is -0.323 e. The lowest BCUT2D eigenvalue weighted by atomic mass is 9.51. The van der Waals surface area contributed by atoms with Crippen LogP contribution in [0.1, 0.15) is 37.8 Å². The van der Waals surface area contributed by atoms with Crippen molar-refractivity contribution in [2.45, 2.75) is 64.5 Å². The summed E-state index contributed by atoms with van der Waals surface area (Å²) in [5.74, 6) is -1.76. The molecule has 63 heavy (non-hydrogen) atoms. The van der Waals surface area contributed by atoms with Crippen molar-refractivity contribution >= 4 is 129 Å². The summed E-state index contributed by atoms with van der Waals surface area (Å²) in [6, 6.07) is 32.3. The normalized spacial score (nSPS) is 30.7. The Morgan fingerprint density at radius 3 is 1.56 bits per heavy atom. The van der Waals surface area contributed by atoms with Crippen LogP contribution >= 0.6 is 71.5 Å². The molecule has 10 rings (SSSR count). The molecule has 4 saturated heterocycles. The molecule has 4 aromatic rings. The number of carbonyl (C=O) groups excluding carboxylic acids is 4. The minimum absolute atomic E-state index is 0.0238. The van der Waals surface area contributed by atoms with Crippen LogP contribution in [-0.4, -0.2) is 107 Å². The van der Waals surface area contributed by atoms with Crippen LogP contribution in [0.25, 0.3) is 0 Å². The van der Waals surface area contributed by atoms with Gasteiger partial charge in [-0.25, -0.2) is 12.7 Å². The molecule has 0 radical (unpaired) electrons. The summed E-state index contributed by atoms with van der Waals surface area (Å²) in [5, 5.41) is 0. The molecule has 12 nitrogen and oxygen atoms in total. The Hall–Kier alpha value is -4.11. The quantitative estimate of drug-likeness (QED) is 0.193. The average Bonchev–Trinajstić information content (AvgIpc) is 3.64. The van der Waals surface area contributed by atoms with Crippen LogP contribution < -0.4 is 9.21 Å². The summed E-state index contributed by atoms with van der Waals surface area (Å²) >= 11 is 16.5. The molecule has 4 amide bonds. The van der Waals surface area contributed by atoms with Crippen LogP contribution in [0.3, 0.4) is 0 Å². The van der Waals surface area contributed by atoms with E-state index >= 15 is 27.6 Å². The third kappa shape index (κ3) is 5.78. The highest BCUT2D eigenvalue weighted by Crippen LogP contribution is 2.69. The Bertz CT molecular complexity index is 2790. The number of benzene rings is 4. The number of hydrogen-bond donors (Lipinski definition) is 0. The second-order valence-electron chi connectivity index (χ2n) is 16.6.